The van der Waals surface area contributed by atoms with E-state index in [0.717, 1.165) is 18.1 Å². The third-order valence-electron chi connectivity index (χ3n) is 4.52. The van der Waals surface area contributed by atoms with Gasteiger partial charge < -0.3 is 20.5 Å². The fourth-order valence-corrected chi connectivity index (χ4v) is 2.85. The number of rotatable bonds is 8. The van der Waals surface area contributed by atoms with E-state index in [1.165, 1.54) is 5.56 Å². The predicted octanol–water partition coefficient (Wildman–Crippen LogP) is 4.09. The van der Waals surface area contributed by atoms with Crippen molar-refractivity contribution in [1.29, 1.82) is 0 Å². The molecule has 0 unspecified atom stereocenters. The Balaban J connectivity index is 0.00000392. The minimum atomic E-state index is -0.0469. The Morgan fingerprint density at radius 3 is 2.43 bits per heavy atom. The maximum atomic E-state index is 10.2. The number of methoxy groups -OCH3 is 1. The average Bonchev–Trinajstić information content (AvgIpc) is 2.68. The maximum Gasteiger partial charge on any atom is 0.191 e. The van der Waals surface area contributed by atoms with Gasteiger partial charge in [-0.05, 0) is 30.5 Å². The molecule has 0 fully saturated rings. The van der Waals surface area contributed by atoms with E-state index in [1.807, 2.05) is 25.1 Å². The molecule has 0 aliphatic heterocycles. The summed E-state index contributed by atoms with van der Waals surface area (Å²) in [6.07, 6.45) is 0.676. The van der Waals surface area contributed by atoms with E-state index in [4.69, 9.17) is 9.73 Å². The van der Waals surface area contributed by atoms with E-state index in [9.17, 15) is 5.11 Å². The second kappa shape index (κ2) is 11.8. The molecule has 5 nitrogen and oxygen atoms in total. The van der Waals surface area contributed by atoms with Crippen molar-refractivity contribution < 1.29 is 9.84 Å². The number of phenolic OH excluding ortho intramolecular Hbond substituents is 1. The minimum Gasteiger partial charge on any atom is -0.504 e. The Hall–Kier alpha value is -1.96. The molecule has 2 aromatic carbocycles. The SMILES string of the molecule is CCNC(=NCC(C)(C)c1ccccc1)NCCc1cccc(OC)c1O.I. The Morgan fingerprint density at radius 2 is 1.79 bits per heavy atom. The summed E-state index contributed by atoms with van der Waals surface area (Å²) in [5, 5.41) is 16.8. The first-order valence-electron chi connectivity index (χ1n) is 9.40. The molecule has 0 amide bonds. The predicted molar refractivity (Wildman–Crippen MR) is 127 cm³/mol. The summed E-state index contributed by atoms with van der Waals surface area (Å²) < 4.78 is 5.16. The van der Waals surface area contributed by atoms with Crippen molar-refractivity contribution in [2.75, 3.05) is 26.7 Å². The lowest BCUT2D eigenvalue weighted by molar-refractivity contribution is 0.370. The molecule has 0 bridgehead atoms. The molecule has 6 heteroatoms. The molecule has 0 radical (unpaired) electrons. The first kappa shape index (κ1) is 24.1. The van der Waals surface area contributed by atoms with Crippen LogP contribution in [0.3, 0.4) is 0 Å². The Bertz CT molecular complexity index is 749. The van der Waals surface area contributed by atoms with Crippen LogP contribution in [0.4, 0.5) is 0 Å². The van der Waals surface area contributed by atoms with Crippen LogP contribution in [0, 0.1) is 0 Å². The minimum absolute atomic E-state index is 0. The van der Waals surface area contributed by atoms with Crippen LogP contribution < -0.4 is 15.4 Å². The maximum absolute atomic E-state index is 10.2. The molecule has 0 saturated carbocycles. The molecule has 0 aromatic heterocycles. The lowest BCUT2D eigenvalue weighted by Gasteiger charge is -2.24. The van der Waals surface area contributed by atoms with Crippen molar-refractivity contribution in [2.24, 2.45) is 4.99 Å². The highest BCUT2D eigenvalue weighted by Gasteiger charge is 2.20. The molecule has 0 atom stereocenters. The van der Waals surface area contributed by atoms with E-state index < -0.39 is 0 Å². The van der Waals surface area contributed by atoms with E-state index in [0.29, 0.717) is 25.3 Å². The van der Waals surface area contributed by atoms with Crippen LogP contribution in [-0.4, -0.2) is 37.8 Å². The highest BCUT2D eigenvalue weighted by Crippen LogP contribution is 2.29. The normalized spacial score (nSPS) is 11.5. The van der Waals surface area contributed by atoms with Crippen molar-refractivity contribution in [2.45, 2.75) is 32.6 Å². The molecule has 0 saturated heterocycles. The van der Waals surface area contributed by atoms with Crippen LogP contribution in [-0.2, 0) is 11.8 Å². The van der Waals surface area contributed by atoms with Gasteiger partial charge in [-0.3, -0.25) is 4.99 Å². The van der Waals surface area contributed by atoms with Crippen LogP contribution in [0.1, 0.15) is 31.9 Å². The molecule has 3 N–H and O–H groups in total. The van der Waals surface area contributed by atoms with Gasteiger partial charge in [0.25, 0.3) is 0 Å². The number of ether oxygens (including phenoxy) is 1. The van der Waals surface area contributed by atoms with Crippen LogP contribution in [0.5, 0.6) is 11.5 Å². The summed E-state index contributed by atoms with van der Waals surface area (Å²) in [4.78, 5) is 4.76. The lowest BCUT2D eigenvalue weighted by atomic mass is 9.85. The second-order valence-electron chi connectivity index (χ2n) is 7.09. The second-order valence-corrected chi connectivity index (χ2v) is 7.09. The molecular weight excluding hydrogens is 465 g/mol. The number of hydrogen-bond donors (Lipinski definition) is 3. The Kier molecular flexibility index (Phi) is 10.1. The average molecular weight is 497 g/mol. The molecular formula is C22H32IN3O2. The number of nitrogens with one attached hydrogen (secondary N) is 2. The number of benzene rings is 2. The summed E-state index contributed by atoms with van der Waals surface area (Å²) in [6, 6.07) is 16.0. The highest BCUT2D eigenvalue weighted by atomic mass is 127. The van der Waals surface area contributed by atoms with Gasteiger partial charge in [0.2, 0.25) is 0 Å². The monoisotopic (exact) mass is 497 g/mol. The molecule has 0 aliphatic carbocycles. The van der Waals surface area contributed by atoms with Crippen LogP contribution in [0.2, 0.25) is 0 Å². The third kappa shape index (κ3) is 6.89. The number of nitrogens with zero attached hydrogens (tertiary/aromatic N) is 1. The van der Waals surface area contributed by atoms with Gasteiger partial charge in [-0.2, -0.15) is 0 Å². The molecule has 2 aromatic rings. The molecule has 0 heterocycles. The molecule has 154 valence electrons. The zero-order valence-electron chi connectivity index (χ0n) is 17.2. The lowest BCUT2D eigenvalue weighted by Crippen LogP contribution is -2.39. The number of guanidine groups is 1. The number of phenols is 1. The van der Waals surface area contributed by atoms with Gasteiger partial charge in [0.05, 0.1) is 13.7 Å². The van der Waals surface area contributed by atoms with Gasteiger partial charge in [0, 0.05) is 18.5 Å². The number of aliphatic imine (C=N–C) groups is 1. The fourth-order valence-electron chi connectivity index (χ4n) is 2.85. The van der Waals surface area contributed by atoms with Crippen LogP contribution in [0.25, 0.3) is 0 Å². The topological polar surface area (TPSA) is 65.9 Å². The van der Waals surface area contributed by atoms with Gasteiger partial charge in [0.15, 0.2) is 17.5 Å². The van der Waals surface area contributed by atoms with Crippen molar-refractivity contribution >= 4 is 29.9 Å². The summed E-state index contributed by atoms with van der Waals surface area (Å²) >= 11 is 0. The van der Waals surface area contributed by atoms with Crippen molar-refractivity contribution in [3.63, 3.8) is 0 Å². The van der Waals surface area contributed by atoms with Crippen LogP contribution in [0.15, 0.2) is 53.5 Å². The first-order valence-corrected chi connectivity index (χ1v) is 9.40. The van der Waals surface area contributed by atoms with Gasteiger partial charge in [-0.15, -0.1) is 24.0 Å². The number of para-hydroxylation sites is 1. The van der Waals surface area contributed by atoms with Crippen molar-refractivity contribution in [3.05, 3.63) is 59.7 Å². The van der Waals surface area contributed by atoms with E-state index in [-0.39, 0.29) is 35.1 Å². The molecule has 2 rings (SSSR count). The number of aromatic hydroxyl groups is 1. The summed E-state index contributed by atoms with van der Waals surface area (Å²) in [5.74, 6) is 1.48. The number of hydrogen-bond acceptors (Lipinski definition) is 3. The molecule has 0 spiro atoms. The Labute approximate surface area is 185 Å². The van der Waals surface area contributed by atoms with Gasteiger partial charge >= 0.3 is 0 Å². The highest BCUT2D eigenvalue weighted by molar-refractivity contribution is 14.0. The largest absolute Gasteiger partial charge is 0.504 e. The zero-order chi connectivity index (χ0) is 19.7. The Morgan fingerprint density at radius 1 is 1.07 bits per heavy atom. The van der Waals surface area contributed by atoms with Gasteiger partial charge in [-0.25, -0.2) is 0 Å². The zero-order valence-corrected chi connectivity index (χ0v) is 19.5. The van der Waals surface area contributed by atoms with E-state index in [2.05, 4.69) is 48.7 Å². The van der Waals surface area contributed by atoms with Crippen LogP contribution >= 0.6 is 24.0 Å². The quantitative estimate of drug-likeness (QED) is 0.292. The summed E-state index contributed by atoms with van der Waals surface area (Å²) in [6.45, 7) is 8.58. The summed E-state index contributed by atoms with van der Waals surface area (Å²) in [7, 11) is 1.56. The van der Waals surface area contributed by atoms with Gasteiger partial charge in [0.1, 0.15) is 0 Å². The third-order valence-corrected chi connectivity index (χ3v) is 4.52. The van der Waals surface area contributed by atoms with E-state index in [1.54, 1.807) is 13.2 Å². The molecule has 28 heavy (non-hydrogen) atoms. The standard InChI is InChI=1S/C22H31N3O2.HI/c1-5-23-21(25-16-22(2,3)18-11-7-6-8-12-18)24-15-14-17-10-9-13-19(27-4)20(17)26;/h6-13,26H,5,14-16H2,1-4H3,(H2,23,24,25);1H. The van der Waals surface area contributed by atoms with Gasteiger partial charge in [-0.1, -0.05) is 56.3 Å². The molecule has 0 aliphatic rings. The summed E-state index contributed by atoms with van der Waals surface area (Å²) in [5.41, 5.74) is 2.07. The van der Waals surface area contributed by atoms with E-state index >= 15 is 0 Å². The van der Waals surface area contributed by atoms with Crippen molar-refractivity contribution in [1.82, 2.24) is 10.6 Å². The fraction of sp³-hybridized carbons (Fsp3) is 0.409. The smallest absolute Gasteiger partial charge is 0.191 e. The number of halogens is 1. The van der Waals surface area contributed by atoms with Crippen molar-refractivity contribution in [3.8, 4) is 11.5 Å². The first-order chi connectivity index (χ1) is 13.0.